The van der Waals surface area contributed by atoms with Gasteiger partial charge in [0.1, 0.15) is 18.1 Å². The lowest BCUT2D eigenvalue weighted by atomic mass is 10.1. The van der Waals surface area contributed by atoms with Crippen LogP contribution < -0.4 is 10.1 Å². The van der Waals surface area contributed by atoms with E-state index in [1.165, 1.54) is 33.2 Å². The first kappa shape index (κ1) is 23.1. The molecule has 2 amide bonds. The van der Waals surface area contributed by atoms with Gasteiger partial charge in [-0.15, -0.1) is 0 Å². The third-order valence-corrected chi connectivity index (χ3v) is 5.29. The number of aliphatic carboxylic acids is 1. The second kappa shape index (κ2) is 9.83. The summed E-state index contributed by atoms with van der Waals surface area (Å²) in [5.74, 6) is -4.37. The van der Waals surface area contributed by atoms with E-state index in [9.17, 15) is 27.2 Å². The molecule has 0 radical (unpaired) electrons. The summed E-state index contributed by atoms with van der Waals surface area (Å²) in [6.45, 7) is 0.471. The maximum absolute atomic E-state index is 13.5. The summed E-state index contributed by atoms with van der Waals surface area (Å²) in [6.07, 6.45) is 0.480. The number of methoxy groups -OCH3 is 1. The van der Waals surface area contributed by atoms with Crippen molar-refractivity contribution in [2.45, 2.75) is 13.3 Å². The summed E-state index contributed by atoms with van der Waals surface area (Å²) in [5, 5.41) is 10.9. The first-order valence-corrected chi connectivity index (χ1v) is 9.61. The number of rotatable bonds is 9. The van der Waals surface area contributed by atoms with Crippen molar-refractivity contribution in [1.82, 2.24) is 9.62 Å². The molecule has 0 atom stereocenters. The highest BCUT2D eigenvalue weighted by molar-refractivity contribution is 7.89. The van der Waals surface area contributed by atoms with Crippen molar-refractivity contribution in [3.63, 3.8) is 0 Å². The number of hydrogen-bond acceptors (Lipinski definition) is 6. The molecule has 11 heteroatoms. The molecule has 0 spiro atoms. The SMILES string of the molecule is CNC(=O)CN(C(=O)/C(C)=C/c1cc(F)ccc1OC)S(=O)(=O)CCC(=O)O. The lowest BCUT2D eigenvalue weighted by Gasteiger charge is -2.22. The number of carboxylic acid groups (broad SMARTS) is 1. The van der Waals surface area contributed by atoms with Crippen molar-refractivity contribution in [2.75, 3.05) is 26.5 Å². The Morgan fingerprint density at radius 2 is 1.96 bits per heavy atom. The Morgan fingerprint density at radius 1 is 1.32 bits per heavy atom. The number of carboxylic acids is 1. The average Bonchev–Trinajstić information content (AvgIpc) is 2.63. The minimum atomic E-state index is -4.39. The van der Waals surface area contributed by atoms with E-state index >= 15 is 0 Å². The predicted octanol–water partition coefficient (Wildman–Crippen LogP) is 0.617. The molecule has 0 unspecified atom stereocenters. The largest absolute Gasteiger partial charge is 0.496 e. The Kier molecular flexibility index (Phi) is 8.11. The van der Waals surface area contributed by atoms with Crippen molar-refractivity contribution in [1.29, 1.82) is 0 Å². The topological polar surface area (TPSA) is 130 Å². The van der Waals surface area contributed by atoms with Crippen LogP contribution in [-0.4, -0.2) is 62.1 Å². The number of benzene rings is 1. The molecular formula is C17H21FN2O7S. The molecule has 2 N–H and O–H groups in total. The van der Waals surface area contributed by atoms with Crippen LogP contribution in [0.5, 0.6) is 5.75 Å². The normalized spacial score (nSPS) is 11.6. The Bertz CT molecular complexity index is 897. The van der Waals surface area contributed by atoms with E-state index in [-0.39, 0.29) is 16.9 Å². The van der Waals surface area contributed by atoms with Gasteiger partial charge in [-0.25, -0.2) is 17.1 Å². The zero-order valence-corrected chi connectivity index (χ0v) is 16.4. The molecule has 0 fully saturated rings. The molecule has 0 saturated carbocycles. The highest BCUT2D eigenvalue weighted by atomic mass is 32.2. The van der Waals surface area contributed by atoms with Gasteiger partial charge in [0.25, 0.3) is 5.91 Å². The van der Waals surface area contributed by atoms with Crippen molar-refractivity contribution in [3.8, 4) is 5.75 Å². The Balaban J connectivity index is 3.29. The van der Waals surface area contributed by atoms with E-state index in [1.807, 2.05) is 0 Å². The minimum absolute atomic E-state index is 0.119. The monoisotopic (exact) mass is 416 g/mol. The number of likely N-dealkylation sites (N-methyl/N-ethyl adjacent to an activating group) is 1. The lowest BCUT2D eigenvalue weighted by Crippen LogP contribution is -2.45. The first-order chi connectivity index (χ1) is 13.0. The van der Waals surface area contributed by atoms with E-state index in [1.54, 1.807) is 0 Å². The Labute approximate surface area is 161 Å². The summed E-state index contributed by atoms with van der Waals surface area (Å²) in [7, 11) is -1.78. The fourth-order valence-electron chi connectivity index (χ4n) is 2.14. The number of sulfonamides is 1. The van der Waals surface area contributed by atoms with Crippen LogP contribution in [0.25, 0.3) is 6.08 Å². The summed E-state index contributed by atoms with van der Waals surface area (Å²) in [4.78, 5) is 35.0. The van der Waals surface area contributed by atoms with Crippen LogP contribution >= 0.6 is 0 Å². The average molecular weight is 416 g/mol. The first-order valence-electron chi connectivity index (χ1n) is 8.00. The van der Waals surface area contributed by atoms with E-state index in [4.69, 9.17) is 9.84 Å². The molecule has 9 nitrogen and oxygen atoms in total. The van der Waals surface area contributed by atoms with Crippen LogP contribution in [0.15, 0.2) is 23.8 Å². The van der Waals surface area contributed by atoms with Gasteiger partial charge in [0.15, 0.2) is 0 Å². The minimum Gasteiger partial charge on any atom is -0.496 e. The van der Waals surface area contributed by atoms with Gasteiger partial charge in [-0.1, -0.05) is 0 Å². The second-order valence-corrected chi connectivity index (χ2v) is 7.67. The summed E-state index contributed by atoms with van der Waals surface area (Å²) >= 11 is 0. The lowest BCUT2D eigenvalue weighted by molar-refractivity contribution is -0.136. The molecule has 1 rings (SSSR count). The molecule has 1 aromatic rings. The van der Waals surface area contributed by atoms with Gasteiger partial charge < -0.3 is 15.2 Å². The molecular weight excluding hydrogens is 395 g/mol. The Morgan fingerprint density at radius 3 is 2.50 bits per heavy atom. The van der Waals surface area contributed by atoms with Gasteiger partial charge in [0.05, 0.1) is 19.3 Å². The van der Waals surface area contributed by atoms with Gasteiger partial charge in [-0.05, 0) is 31.2 Å². The summed E-state index contributed by atoms with van der Waals surface area (Å²) in [6, 6.07) is 3.59. The maximum atomic E-state index is 13.5. The van der Waals surface area contributed by atoms with E-state index in [0.717, 1.165) is 12.1 Å². The summed E-state index contributed by atoms with van der Waals surface area (Å²) < 4.78 is 43.7. The van der Waals surface area contributed by atoms with E-state index in [2.05, 4.69) is 5.32 Å². The molecule has 0 bridgehead atoms. The molecule has 0 aromatic heterocycles. The number of amides is 2. The number of carbonyl (C=O) groups excluding carboxylic acids is 2. The molecule has 0 saturated heterocycles. The second-order valence-electron chi connectivity index (χ2n) is 5.66. The molecule has 0 aliphatic rings. The number of hydrogen-bond donors (Lipinski definition) is 2. The van der Waals surface area contributed by atoms with Crippen molar-refractivity contribution in [3.05, 3.63) is 35.2 Å². The molecule has 0 aliphatic heterocycles. The van der Waals surface area contributed by atoms with Gasteiger partial charge >= 0.3 is 5.97 Å². The zero-order valence-electron chi connectivity index (χ0n) is 15.6. The third kappa shape index (κ3) is 6.34. The van der Waals surface area contributed by atoms with Gasteiger partial charge in [0, 0.05) is 18.2 Å². The summed E-state index contributed by atoms with van der Waals surface area (Å²) in [5.41, 5.74) is 0.0721. The van der Waals surface area contributed by atoms with Crippen LogP contribution in [0.1, 0.15) is 18.9 Å². The van der Waals surface area contributed by atoms with Crippen LogP contribution in [0.2, 0.25) is 0 Å². The standard InChI is InChI=1S/C17H21FN2O7S/c1-11(8-12-9-13(18)4-5-14(12)27-3)17(24)20(10-15(21)19-2)28(25,26)7-6-16(22)23/h4-5,8-9H,6-7,10H2,1-3H3,(H,19,21)(H,22,23)/b11-8+. The molecule has 154 valence electrons. The number of carbonyl (C=O) groups is 3. The highest BCUT2D eigenvalue weighted by Gasteiger charge is 2.30. The van der Waals surface area contributed by atoms with Crippen molar-refractivity contribution < 1.29 is 37.0 Å². The van der Waals surface area contributed by atoms with Crippen molar-refractivity contribution in [2.24, 2.45) is 0 Å². The number of halogens is 1. The smallest absolute Gasteiger partial charge is 0.304 e. The van der Waals surface area contributed by atoms with Gasteiger partial charge in [-0.3, -0.25) is 14.4 Å². The molecule has 28 heavy (non-hydrogen) atoms. The van der Waals surface area contributed by atoms with Crippen LogP contribution in [0, 0.1) is 5.82 Å². The third-order valence-electron chi connectivity index (χ3n) is 3.60. The fraction of sp³-hybridized carbons (Fsp3) is 0.353. The Hall–Kier alpha value is -2.95. The molecule has 0 aliphatic carbocycles. The van der Waals surface area contributed by atoms with E-state index < -0.39 is 52.3 Å². The predicted molar refractivity (Wildman–Crippen MR) is 98.4 cm³/mol. The molecule has 1 aromatic carbocycles. The quantitative estimate of drug-likeness (QED) is 0.564. The molecule has 0 heterocycles. The van der Waals surface area contributed by atoms with E-state index in [0.29, 0.717) is 4.31 Å². The number of nitrogens with one attached hydrogen (secondary N) is 1. The van der Waals surface area contributed by atoms with Gasteiger partial charge in [-0.2, -0.15) is 0 Å². The number of ether oxygens (including phenoxy) is 1. The fourth-order valence-corrected chi connectivity index (χ4v) is 3.51. The van der Waals surface area contributed by atoms with Crippen LogP contribution in [0.3, 0.4) is 0 Å². The maximum Gasteiger partial charge on any atom is 0.304 e. The van der Waals surface area contributed by atoms with Crippen LogP contribution in [-0.2, 0) is 24.4 Å². The van der Waals surface area contributed by atoms with Gasteiger partial charge in [0.2, 0.25) is 15.9 Å². The number of nitrogens with zero attached hydrogens (tertiary/aromatic N) is 1. The van der Waals surface area contributed by atoms with Crippen molar-refractivity contribution >= 4 is 33.9 Å². The highest BCUT2D eigenvalue weighted by Crippen LogP contribution is 2.23. The zero-order chi connectivity index (χ0) is 21.5. The van der Waals surface area contributed by atoms with Crippen LogP contribution in [0.4, 0.5) is 4.39 Å².